The van der Waals surface area contributed by atoms with E-state index in [4.69, 9.17) is 9.47 Å². The molecule has 3 rings (SSSR count). The Labute approximate surface area is 129 Å². The molecule has 0 bridgehead atoms. The monoisotopic (exact) mass is 298 g/mol. The van der Waals surface area contributed by atoms with Gasteiger partial charge < -0.3 is 9.47 Å². The number of hydrogen-bond donors (Lipinski definition) is 0. The SMILES string of the molecule is C=C(C)C(=O)OCC1CO1.c1ccc(-c2ccccn2)nc1. The summed E-state index contributed by atoms with van der Waals surface area (Å²) in [6, 6.07) is 11.6. The maximum absolute atomic E-state index is 10.7. The highest BCUT2D eigenvalue weighted by molar-refractivity contribution is 5.86. The number of pyridine rings is 2. The van der Waals surface area contributed by atoms with Crippen LogP contribution in [0.5, 0.6) is 0 Å². The average molecular weight is 298 g/mol. The average Bonchev–Trinajstić information content (AvgIpc) is 3.39. The van der Waals surface area contributed by atoms with Crippen LogP contribution in [0.1, 0.15) is 6.92 Å². The standard InChI is InChI=1S/C10H8N2.C7H10O3/c1-3-7-11-9(5-1)10-6-2-4-8-12-10;1-5(2)7(8)10-4-6-3-9-6/h1-8H;6H,1,3-4H2,2H3. The molecular weight excluding hydrogens is 280 g/mol. The first-order valence-electron chi connectivity index (χ1n) is 6.93. The Morgan fingerprint density at radius 3 is 2.14 bits per heavy atom. The molecule has 114 valence electrons. The second-order valence-electron chi connectivity index (χ2n) is 4.76. The van der Waals surface area contributed by atoms with E-state index >= 15 is 0 Å². The topological polar surface area (TPSA) is 64.6 Å². The molecule has 2 aromatic rings. The minimum absolute atomic E-state index is 0.142. The fourth-order valence-corrected chi connectivity index (χ4v) is 1.48. The van der Waals surface area contributed by atoms with Crippen LogP contribution in [-0.2, 0) is 14.3 Å². The van der Waals surface area contributed by atoms with Crippen LogP contribution in [0.15, 0.2) is 60.9 Å². The van der Waals surface area contributed by atoms with Crippen molar-refractivity contribution in [2.45, 2.75) is 13.0 Å². The van der Waals surface area contributed by atoms with Crippen molar-refractivity contribution in [2.75, 3.05) is 13.2 Å². The number of esters is 1. The molecule has 0 spiro atoms. The number of carbonyl (C=O) groups excluding carboxylic acids is 1. The van der Waals surface area contributed by atoms with Gasteiger partial charge in [0.05, 0.1) is 18.0 Å². The second-order valence-corrected chi connectivity index (χ2v) is 4.76. The van der Waals surface area contributed by atoms with Crippen LogP contribution < -0.4 is 0 Å². The van der Waals surface area contributed by atoms with Crippen molar-refractivity contribution >= 4 is 5.97 Å². The van der Waals surface area contributed by atoms with Crippen molar-refractivity contribution in [3.63, 3.8) is 0 Å². The summed E-state index contributed by atoms with van der Waals surface area (Å²) in [6.45, 7) is 6.14. The van der Waals surface area contributed by atoms with Crippen LogP contribution in [0.4, 0.5) is 0 Å². The Morgan fingerprint density at radius 2 is 1.77 bits per heavy atom. The summed E-state index contributed by atoms with van der Waals surface area (Å²) in [5.74, 6) is -0.337. The first kappa shape index (κ1) is 15.9. The Balaban J connectivity index is 0.000000164. The third kappa shape index (κ3) is 5.46. The molecule has 0 aromatic carbocycles. The Morgan fingerprint density at radius 1 is 1.23 bits per heavy atom. The number of epoxide rings is 1. The molecule has 22 heavy (non-hydrogen) atoms. The number of aromatic nitrogens is 2. The van der Waals surface area contributed by atoms with E-state index in [-0.39, 0.29) is 12.1 Å². The van der Waals surface area contributed by atoms with Gasteiger partial charge in [-0.05, 0) is 31.2 Å². The molecule has 3 heterocycles. The van der Waals surface area contributed by atoms with Crippen LogP contribution in [0, 0.1) is 0 Å². The van der Waals surface area contributed by atoms with E-state index in [1.54, 1.807) is 19.3 Å². The normalized spacial score (nSPS) is 15.2. The molecule has 1 saturated heterocycles. The van der Waals surface area contributed by atoms with Crippen LogP contribution in [0.25, 0.3) is 11.4 Å². The van der Waals surface area contributed by atoms with Crippen molar-refractivity contribution in [1.29, 1.82) is 0 Å². The van der Waals surface area contributed by atoms with Crippen molar-refractivity contribution in [3.8, 4) is 11.4 Å². The number of carbonyl (C=O) groups is 1. The molecule has 0 N–H and O–H groups in total. The van der Waals surface area contributed by atoms with Gasteiger partial charge in [-0.3, -0.25) is 9.97 Å². The second kappa shape index (κ2) is 8.05. The highest BCUT2D eigenvalue weighted by Crippen LogP contribution is 2.11. The van der Waals surface area contributed by atoms with Crippen LogP contribution in [0.3, 0.4) is 0 Å². The van der Waals surface area contributed by atoms with Crippen molar-refractivity contribution in [3.05, 3.63) is 60.9 Å². The molecule has 0 amide bonds. The Kier molecular flexibility index (Phi) is 5.80. The predicted octanol–water partition coefficient (Wildman–Crippen LogP) is 2.65. The first-order valence-corrected chi connectivity index (χ1v) is 6.93. The lowest BCUT2D eigenvalue weighted by Gasteiger charge is -1.99. The first-order chi connectivity index (χ1) is 10.7. The molecule has 1 aliphatic heterocycles. The van der Waals surface area contributed by atoms with E-state index in [1.807, 2.05) is 36.4 Å². The summed E-state index contributed by atoms with van der Waals surface area (Å²) in [6.07, 6.45) is 3.68. The van der Waals surface area contributed by atoms with Gasteiger partial charge >= 0.3 is 5.97 Å². The van der Waals surface area contributed by atoms with Gasteiger partial charge in [0.2, 0.25) is 0 Å². The van der Waals surface area contributed by atoms with E-state index in [2.05, 4.69) is 16.5 Å². The number of hydrogen-bond acceptors (Lipinski definition) is 5. The van der Waals surface area contributed by atoms with Crippen LogP contribution >= 0.6 is 0 Å². The molecule has 5 nitrogen and oxygen atoms in total. The summed E-state index contributed by atoms with van der Waals surface area (Å²) >= 11 is 0. The molecule has 1 aliphatic rings. The summed E-state index contributed by atoms with van der Waals surface area (Å²) in [4.78, 5) is 19.1. The molecular formula is C17H18N2O3. The number of nitrogens with zero attached hydrogens (tertiary/aromatic N) is 2. The van der Waals surface area contributed by atoms with E-state index in [0.717, 1.165) is 11.4 Å². The summed E-state index contributed by atoms with van der Waals surface area (Å²) in [5.41, 5.74) is 2.26. The molecule has 0 radical (unpaired) electrons. The van der Waals surface area contributed by atoms with E-state index in [1.165, 1.54) is 0 Å². The highest BCUT2D eigenvalue weighted by atomic mass is 16.6. The molecule has 5 heteroatoms. The van der Waals surface area contributed by atoms with Crippen LogP contribution in [-0.4, -0.2) is 35.3 Å². The van der Waals surface area contributed by atoms with E-state index < -0.39 is 0 Å². The van der Waals surface area contributed by atoms with Gasteiger partial charge in [-0.2, -0.15) is 0 Å². The highest BCUT2D eigenvalue weighted by Gasteiger charge is 2.24. The van der Waals surface area contributed by atoms with Crippen LogP contribution in [0.2, 0.25) is 0 Å². The van der Waals surface area contributed by atoms with E-state index in [9.17, 15) is 4.79 Å². The quantitative estimate of drug-likeness (QED) is 0.493. The smallest absolute Gasteiger partial charge is 0.333 e. The van der Waals surface area contributed by atoms with Gasteiger partial charge in [0.25, 0.3) is 0 Å². The van der Waals surface area contributed by atoms with Crippen molar-refractivity contribution < 1.29 is 14.3 Å². The van der Waals surface area contributed by atoms with Gasteiger partial charge in [0.15, 0.2) is 0 Å². The minimum atomic E-state index is -0.337. The lowest BCUT2D eigenvalue weighted by Crippen LogP contribution is -2.09. The maximum atomic E-state index is 10.7. The van der Waals surface area contributed by atoms with Crippen molar-refractivity contribution in [1.82, 2.24) is 9.97 Å². The zero-order chi connectivity index (χ0) is 15.8. The Bertz CT molecular complexity index is 573. The largest absolute Gasteiger partial charge is 0.459 e. The summed E-state index contributed by atoms with van der Waals surface area (Å²) in [7, 11) is 0. The molecule has 0 saturated carbocycles. The molecule has 2 aromatic heterocycles. The lowest BCUT2D eigenvalue weighted by atomic mass is 10.2. The fourth-order valence-electron chi connectivity index (χ4n) is 1.48. The zero-order valence-corrected chi connectivity index (χ0v) is 12.4. The van der Waals surface area contributed by atoms with Crippen molar-refractivity contribution in [2.24, 2.45) is 0 Å². The van der Waals surface area contributed by atoms with Gasteiger partial charge in [-0.15, -0.1) is 0 Å². The number of rotatable bonds is 4. The maximum Gasteiger partial charge on any atom is 0.333 e. The molecule has 1 fully saturated rings. The summed E-state index contributed by atoms with van der Waals surface area (Å²) in [5, 5.41) is 0. The Hall–Kier alpha value is -2.53. The van der Waals surface area contributed by atoms with Gasteiger partial charge in [-0.25, -0.2) is 4.79 Å². The fraction of sp³-hybridized carbons (Fsp3) is 0.235. The lowest BCUT2D eigenvalue weighted by molar-refractivity contribution is -0.139. The molecule has 1 unspecified atom stereocenters. The zero-order valence-electron chi connectivity index (χ0n) is 12.4. The van der Waals surface area contributed by atoms with Gasteiger partial charge in [0.1, 0.15) is 12.7 Å². The third-order valence-corrected chi connectivity index (χ3v) is 2.74. The van der Waals surface area contributed by atoms with Gasteiger partial charge in [0, 0.05) is 18.0 Å². The third-order valence-electron chi connectivity index (χ3n) is 2.74. The molecule has 0 aliphatic carbocycles. The number of ether oxygens (including phenoxy) is 2. The minimum Gasteiger partial charge on any atom is -0.459 e. The van der Waals surface area contributed by atoms with Gasteiger partial charge in [-0.1, -0.05) is 18.7 Å². The summed E-state index contributed by atoms with van der Waals surface area (Å²) < 4.78 is 9.60. The van der Waals surface area contributed by atoms with E-state index in [0.29, 0.717) is 18.8 Å². The molecule has 1 atom stereocenters. The predicted molar refractivity (Wildman–Crippen MR) is 83.0 cm³/mol.